The first-order valence-corrected chi connectivity index (χ1v) is 7.23. The highest BCUT2D eigenvalue weighted by atomic mass is 35.5. The average Bonchev–Trinajstić information content (AvgIpc) is 2.82. The van der Waals surface area contributed by atoms with Gasteiger partial charge in [0.25, 0.3) is 5.91 Å². The van der Waals surface area contributed by atoms with Crippen LogP contribution < -0.4 is 4.74 Å². The molecule has 1 N–H and O–H groups in total. The molecule has 1 aromatic rings. The maximum Gasteiger partial charge on any atom is 0.326 e. The van der Waals surface area contributed by atoms with Gasteiger partial charge in [-0.1, -0.05) is 18.5 Å². The molecule has 5 nitrogen and oxygen atoms in total. The van der Waals surface area contributed by atoms with Gasteiger partial charge < -0.3 is 14.7 Å². The molecule has 0 spiro atoms. The van der Waals surface area contributed by atoms with Gasteiger partial charge >= 0.3 is 5.97 Å². The summed E-state index contributed by atoms with van der Waals surface area (Å²) in [7, 11) is 0. The van der Waals surface area contributed by atoms with Crippen LogP contribution in [0.25, 0.3) is 0 Å². The van der Waals surface area contributed by atoms with E-state index in [2.05, 4.69) is 0 Å². The Kier molecular flexibility index (Phi) is 4.73. The Morgan fingerprint density at radius 3 is 2.57 bits per heavy atom. The van der Waals surface area contributed by atoms with Gasteiger partial charge in [0, 0.05) is 11.6 Å². The third-order valence-corrected chi connectivity index (χ3v) is 3.96. The van der Waals surface area contributed by atoms with Crippen molar-refractivity contribution >= 4 is 23.5 Å². The van der Waals surface area contributed by atoms with Crippen LogP contribution in [-0.4, -0.2) is 40.6 Å². The van der Waals surface area contributed by atoms with Gasteiger partial charge in [-0.2, -0.15) is 0 Å². The van der Waals surface area contributed by atoms with Crippen molar-refractivity contribution in [2.45, 2.75) is 32.4 Å². The van der Waals surface area contributed by atoms with Crippen LogP contribution >= 0.6 is 11.6 Å². The highest BCUT2D eigenvalue weighted by Crippen LogP contribution is 2.26. The lowest BCUT2D eigenvalue weighted by atomic mass is 10.0. The largest absolute Gasteiger partial charge is 0.481 e. The molecule has 1 saturated heterocycles. The van der Waals surface area contributed by atoms with Crippen LogP contribution in [0.1, 0.15) is 20.3 Å². The lowest BCUT2D eigenvalue weighted by Gasteiger charge is -2.26. The van der Waals surface area contributed by atoms with Crippen molar-refractivity contribution in [3.8, 4) is 5.75 Å². The molecule has 1 aliphatic heterocycles. The maximum absolute atomic E-state index is 12.4. The summed E-state index contributed by atoms with van der Waals surface area (Å²) in [6, 6.07) is 5.92. The second-order valence-corrected chi connectivity index (χ2v) is 5.73. The van der Waals surface area contributed by atoms with Crippen LogP contribution in [0.2, 0.25) is 5.02 Å². The quantitative estimate of drug-likeness (QED) is 0.927. The number of halogens is 1. The summed E-state index contributed by atoms with van der Waals surface area (Å²) < 4.78 is 5.56. The number of aliphatic carboxylic acids is 1. The number of likely N-dealkylation sites (tertiary alicyclic amines) is 1. The highest BCUT2D eigenvalue weighted by Gasteiger charge is 2.41. The molecule has 21 heavy (non-hydrogen) atoms. The number of carboxylic acids is 1. The van der Waals surface area contributed by atoms with Crippen LogP contribution in [0.4, 0.5) is 0 Å². The lowest BCUT2D eigenvalue weighted by molar-refractivity contribution is -0.152. The molecular weight excluding hydrogens is 294 g/mol. The van der Waals surface area contributed by atoms with Gasteiger partial charge in [0.05, 0.1) is 0 Å². The molecule has 3 unspecified atom stereocenters. The van der Waals surface area contributed by atoms with E-state index in [0.717, 1.165) is 0 Å². The molecule has 0 saturated carbocycles. The fraction of sp³-hybridized carbons (Fsp3) is 0.467. The fourth-order valence-corrected chi connectivity index (χ4v) is 2.70. The molecule has 1 amide bonds. The Hall–Kier alpha value is -1.75. The third kappa shape index (κ3) is 3.47. The zero-order chi connectivity index (χ0) is 15.6. The van der Waals surface area contributed by atoms with Gasteiger partial charge in [0.2, 0.25) is 0 Å². The van der Waals surface area contributed by atoms with Gasteiger partial charge in [-0.3, -0.25) is 4.79 Å². The smallest absolute Gasteiger partial charge is 0.326 e. The number of amides is 1. The molecule has 114 valence electrons. The van der Waals surface area contributed by atoms with E-state index in [0.29, 0.717) is 23.7 Å². The Morgan fingerprint density at radius 2 is 2.00 bits per heavy atom. The summed E-state index contributed by atoms with van der Waals surface area (Å²) in [4.78, 5) is 25.1. The number of nitrogens with zero attached hydrogens (tertiary/aromatic N) is 1. The van der Waals surface area contributed by atoms with Crippen LogP contribution in [0.15, 0.2) is 24.3 Å². The topological polar surface area (TPSA) is 66.8 Å². The van der Waals surface area contributed by atoms with Crippen LogP contribution in [0.5, 0.6) is 5.75 Å². The second-order valence-electron chi connectivity index (χ2n) is 5.29. The molecule has 2 rings (SSSR count). The Balaban J connectivity index is 2.05. The SMILES string of the molecule is CC(Oc1ccc(Cl)cc1)C(=O)N1CCC(C)C1C(=O)O. The Labute approximate surface area is 128 Å². The van der Waals surface area contributed by atoms with Gasteiger partial charge in [-0.25, -0.2) is 4.79 Å². The number of ether oxygens (including phenoxy) is 1. The molecule has 3 atom stereocenters. The van der Waals surface area contributed by atoms with E-state index in [1.165, 1.54) is 4.90 Å². The maximum atomic E-state index is 12.4. The zero-order valence-corrected chi connectivity index (χ0v) is 12.7. The van der Waals surface area contributed by atoms with Gasteiger partial charge in [-0.15, -0.1) is 0 Å². The van der Waals surface area contributed by atoms with Crippen molar-refractivity contribution in [3.63, 3.8) is 0 Å². The molecule has 1 fully saturated rings. The van der Waals surface area contributed by atoms with E-state index in [-0.39, 0.29) is 11.8 Å². The minimum absolute atomic E-state index is 0.0471. The normalized spacial score (nSPS) is 22.9. The number of carbonyl (C=O) groups is 2. The molecule has 0 bridgehead atoms. The molecule has 0 aliphatic carbocycles. The number of benzene rings is 1. The number of carbonyl (C=O) groups excluding carboxylic acids is 1. The van der Waals surface area contributed by atoms with Gasteiger partial charge in [-0.05, 0) is 43.5 Å². The summed E-state index contributed by atoms with van der Waals surface area (Å²) in [6.07, 6.45) is -0.0468. The van der Waals surface area contributed by atoms with Crippen LogP contribution in [0.3, 0.4) is 0 Å². The average molecular weight is 312 g/mol. The van der Waals surface area contributed by atoms with Crippen molar-refractivity contribution in [2.24, 2.45) is 5.92 Å². The molecule has 1 aliphatic rings. The fourth-order valence-electron chi connectivity index (χ4n) is 2.57. The molecule has 1 heterocycles. The molecule has 6 heteroatoms. The monoisotopic (exact) mass is 311 g/mol. The Bertz CT molecular complexity index is 531. The molecular formula is C15H18ClNO4. The van der Waals surface area contributed by atoms with Crippen molar-refractivity contribution in [3.05, 3.63) is 29.3 Å². The van der Waals surface area contributed by atoms with E-state index in [9.17, 15) is 14.7 Å². The van der Waals surface area contributed by atoms with Crippen LogP contribution in [-0.2, 0) is 9.59 Å². The highest BCUT2D eigenvalue weighted by molar-refractivity contribution is 6.30. The first kappa shape index (κ1) is 15.6. The van der Waals surface area contributed by atoms with Gasteiger partial charge in [0.1, 0.15) is 11.8 Å². The van der Waals surface area contributed by atoms with Crippen molar-refractivity contribution < 1.29 is 19.4 Å². The first-order valence-electron chi connectivity index (χ1n) is 6.85. The van der Waals surface area contributed by atoms with E-state index < -0.39 is 18.1 Å². The summed E-state index contributed by atoms with van der Waals surface area (Å²) in [5.74, 6) is -0.790. The number of hydrogen-bond acceptors (Lipinski definition) is 3. The predicted octanol–water partition coefficient (Wildman–Crippen LogP) is 2.43. The van der Waals surface area contributed by atoms with Gasteiger partial charge in [0.15, 0.2) is 6.10 Å². The van der Waals surface area contributed by atoms with Crippen molar-refractivity contribution in [1.82, 2.24) is 4.90 Å². The summed E-state index contributed by atoms with van der Waals surface area (Å²) >= 11 is 5.79. The van der Waals surface area contributed by atoms with E-state index in [1.807, 2.05) is 6.92 Å². The Morgan fingerprint density at radius 1 is 1.38 bits per heavy atom. The summed E-state index contributed by atoms with van der Waals surface area (Å²) in [5, 5.41) is 9.84. The van der Waals surface area contributed by atoms with E-state index in [4.69, 9.17) is 16.3 Å². The van der Waals surface area contributed by atoms with E-state index in [1.54, 1.807) is 31.2 Å². The molecule has 1 aromatic carbocycles. The van der Waals surface area contributed by atoms with Crippen LogP contribution in [0, 0.1) is 5.92 Å². The summed E-state index contributed by atoms with van der Waals surface area (Å²) in [6.45, 7) is 3.92. The van der Waals surface area contributed by atoms with Crippen molar-refractivity contribution in [2.75, 3.05) is 6.54 Å². The summed E-state index contributed by atoms with van der Waals surface area (Å²) in [5.41, 5.74) is 0. The molecule has 0 aromatic heterocycles. The number of carboxylic acid groups (broad SMARTS) is 1. The first-order chi connectivity index (χ1) is 9.90. The number of hydrogen-bond donors (Lipinski definition) is 1. The molecule has 0 radical (unpaired) electrons. The number of rotatable bonds is 4. The minimum atomic E-state index is -0.966. The lowest BCUT2D eigenvalue weighted by Crippen LogP contribution is -2.47. The minimum Gasteiger partial charge on any atom is -0.481 e. The third-order valence-electron chi connectivity index (χ3n) is 3.71. The van der Waals surface area contributed by atoms with E-state index >= 15 is 0 Å². The standard InChI is InChI=1S/C15H18ClNO4/c1-9-7-8-17(13(9)15(19)20)14(18)10(2)21-12-5-3-11(16)4-6-12/h3-6,9-10,13H,7-8H2,1-2H3,(H,19,20). The predicted molar refractivity (Wildman–Crippen MR) is 78.5 cm³/mol. The second kappa shape index (κ2) is 6.35. The zero-order valence-electron chi connectivity index (χ0n) is 12.0. The van der Waals surface area contributed by atoms with Crippen molar-refractivity contribution in [1.29, 1.82) is 0 Å².